The normalized spacial score (nSPS) is 10.3. The maximum Gasteiger partial charge on any atom is 0.349 e. The van der Waals surface area contributed by atoms with E-state index in [9.17, 15) is 14.4 Å². The fourth-order valence-electron chi connectivity index (χ4n) is 2.42. The summed E-state index contributed by atoms with van der Waals surface area (Å²) in [6.45, 7) is 3.64. The van der Waals surface area contributed by atoms with E-state index in [1.807, 2.05) is 0 Å². The molecular weight excluding hydrogens is 354 g/mol. The Kier molecular flexibility index (Phi) is 6.52. The second-order valence-corrected chi connectivity index (χ2v) is 6.52. The maximum absolute atomic E-state index is 13.1. The zero-order chi connectivity index (χ0) is 19.3. The van der Waals surface area contributed by atoms with Crippen LogP contribution in [0.4, 0.5) is 5.00 Å². The lowest BCUT2D eigenvalue weighted by Crippen LogP contribution is -2.17. The number of ketones is 1. The summed E-state index contributed by atoms with van der Waals surface area (Å²) in [6, 6.07) is 8.61. The molecule has 2 aromatic rings. The van der Waals surface area contributed by atoms with Gasteiger partial charge >= 0.3 is 11.9 Å². The number of anilines is 1. The van der Waals surface area contributed by atoms with Crippen LogP contribution in [0.25, 0.3) is 0 Å². The molecular formula is C19H21NO5S. The fraction of sp³-hybridized carbons (Fsp3) is 0.316. The van der Waals surface area contributed by atoms with Crippen molar-refractivity contribution in [2.24, 2.45) is 0 Å². The molecule has 0 radical (unpaired) electrons. The van der Waals surface area contributed by atoms with Gasteiger partial charge in [-0.3, -0.25) is 4.79 Å². The van der Waals surface area contributed by atoms with Crippen molar-refractivity contribution >= 4 is 34.1 Å². The van der Waals surface area contributed by atoms with Crippen LogP contribution in [0.3, 0.4) is 0 Å². The van der Waals surface area contributed by atoms with Gasteiger partial charge in [0, 0.05) is 19.7 Å². The maximum atomic E-state index is 13.1. The molecule has 138 valence electrons. The van der Waals surface area contributed by atoms with Crippen molar-refractivity contribution in [1.82, 2.24) is 0 Å². The van der Waals surface area contributed by atoms with Gasteiger partial charge in [-0.2, -0.15) is 0 Å². The van der Waals surface area contributed by atoms with E-state index in [-0.39, 0.29) is 35.0 Å². The van der Waals surface area contributed by atoms with Gasteiger partial charge in [-0.15, -0.1) is 11.3 Å². The third kappa shape index (κ3) is 3.94. The molecule has 0 fully saturated rings. The molecule has 0 bridgehead atoms. The summed E-state index contributed by atoms with van der Waals surface area (Å²) in [5.41, 5.74) is 0.551. The summed E-state index contributed by atoms with van der Waals surface area (Å²) in [5, 5.41) is 0.505. The molecule has 0 aliphatic heterocycles. The Morgan fingerprint density at radius 1 is 0.923 bits per heavy atom. The minimum absolute atomic E-state index is 0.0344. The zero-order valence-corrected chi connectivity index (χ0v) is 16.0. The molecule has 1 aromatic heterocycles. The van der Waals surface area contributed by atoms with E-state index in [0.717, 1.165) is 11.3 Å². The lowest BCUT2D eigenvalue weighted by Gasteiger charge is -2.13. The molecule has 0 saturated heterocycles. The van der Waals surface area contributed by atoms with Gasteiger partial charge in [0.15, 0.2) is 5.78 Å². The molecule has 0 N–H and O–H groups in total. The van der Waals surface area contributed by atoms with Gasteiger partial charge < -0.3 is 14.4 Å². The van der Waals surface area contributed by atoms with Gasteiger partial charge in [0.1, 0.15) is 9.88 Å². The molecule has 2 rings (SSSR count). The molecule has 0 spiro atoms. The van der Waals surface area contributed by atoms with Crippen LogP contribution < -0.4 is 4.90 Å². The summed E-state index contributed by atoms with van der Waals surface area (Å²) in [7, 11) is 3.49. The third-order valence-corrected chi connectivity index (χ3v) is 4.84. The Labute approximate surface area is 156 Å². The fourth-order valence-corrected chi connectivity index (χ4v) is 3.52. The Morgan fingerprint density at radius 2 is 1.50 bits per heavy atom. The van der Waals surface area contributed by atoms with Gasteiger partial charge in [0.25, 0.3) is 0 Å². The molecule has 0 aliphatic carbocycles. The third-order valence-electron chi connectivity index (χ3n) is 3.50. The second kappa shape index (κ2) is 8.62. The number of carbonyl (C=O) groups excluding carboxylic acids is 3. The van der Waals surface area contributed by atoms with Gasteiger partial charge in [-0.1, -0.05) is 30.3 Å². The van der Waals surface area contributed by atoms with Crippen molar-refractivity contribution in [3.05, 3.63) is 51.9 Å². The standard InChI is InChI=1S/C19H21NO5S/c1-5-24-18(22)14-13(15(21)12-10-8-7-9-11-12)17(20(3)4)26-16(14)19(23)25-6-2/h7-11H,5-6H2,1-4H3. The van der Waals surface area contributed by atoms with E-state index in [0.29, 0.717) is 10.6 Å². The lowest BCUT2D eigenvalue weighted by atomic mass is 10.00. The first-order valence-electron chi connectivity index (χ1n) is 8.20. The van der Waals surface area contributed by atoms with Gasteiger partial charge in [0.2, 0.25) is 0 Å². The average molecular weight is 375 g/mol. The van der Waals surface area contributed by atoms with Gasteiger partial charge in [0.05, 0.1) is 24.3 Å². The summed E-state index contributed by atoms with van der Waals surface area (Å²) >= 11 is 1.05. The molecule has 1 aromatic carbocycles. The van der Waals surface area contributed by atoms with Crippen LogP contribution >= 0.6 is 11.3 Å². The van der Waals surface area contributed by atoms with Crippen molar-refractivity contribution in [3.8, 4) is 0 Å². The van der Waals surface area contributed by atoms with Crippen molar-refractivity contribution in [1.29, 1.82) is 0 Å². The molecule has 26 heavy (non-hydrogen) atoms. The first kappa shape index (κ1) is 19.7. The van der Waals surface area contributed by atoms with E-state index < -0.39 is 11.9 Å². The van der Waals surface area contributed by atoms with Crippen molar-refractivity contribution in [2.45, 2.75) is 13.8 Å². The summed E-state index contributed by atoms with van der Waals surface area (Å²) in [5.74, 6) is -1.70. The highest BCUT2D eigenvalue weighted by Gasteiger charge is 2.33. The van der Waals surface area contributed by atoms with E-state index >= 15 is 0 Å². The highest BCUT2D eigenvalue weighted by Crippen LogP contribution is 2.38. The van der Waals surface area contributed by atoms with Crippen LogP contribution in [0.1, 0.15) is 49.8 Å². The Balaban J connectivity index is 2.72. The summed E-state index contributed by atoms with van der Waals surface area (Å²) in [6.07, 6.45) is 0. The highest BCUT2D eigenvalue weighted by atomic mass is 32.1. The number of esters is 2. The number of carbonyl (C=O) groups is 3. The first-order chi connectivity index (χ1) is 12.4. The number of hydrogen-bond donors (Lipinski definition) is 0. The Bertz CT molecular complexity index is 811. The predicted octanol–water partition coefficient (Wildman–Crippen LogP) is 3.40. The molecule has 6 nitrogen and oxygen atoms in total. The summed E-state index contributed by atoms with van der Waals surface area (Å²) < 4.78 is 10.2. The van der Waals surface area contributed by atoms with Crippen LogP contribution in [0, 0.1) is 0 Å². The highest BCUT2D eigenvalue weighted by molar-refractivity contribution is 7.18. The zero-order valence-electron chi connectivity index (χ0n) is 15.2. The molecule has 0 atom stereocenters. The molecule has 0 unspecified atom stereocenters. The Hall–Kier alpha value is -2.67. The van der Waals surface area contributed by atoms with E-state index in [2.05, 4.69) is 0 Å². The van der Waals surface area contributed by atoms with E-state index in [1.54, 1.807) is 63.2 Å². The van der Waals surface area contributed by atoms with Crippen molar-refractivity contribution in [3.63, 3.8) is 0 Å². The van der Waals surface area contributed by atoms with Crippen LogP contribution in [-0.2, 0) is 9.47 Å². The number of ether oxygens (including phenoxy) is 2. The van der Waals surface area contributed by atoms with Crippen molar-refractivity contribution < 1.29 is 23.9 Å². The lowest BCUT2D eigenvalue weighted by molar-refractivity contribution is 0.0482. The number of nitrogens with zero attached hydrogens (tertiary/aromatic N) is 1. The van der Waals surface area contributed by atoms with Crippen LogP contribution in [-0.4, -0.2) is 45.0 Å². The van der Waals surface area contributed by atoms with Crippen LogP contribution in [0.2, 0.25) is 0 Å². The minimum atomic E-state index is -0.709. The molecule has 0 amide bonds. The van der Waals surface area contributed by atoms with E-state index in [1.165, 1.54) is 0 Å². The van der Waals surface area contributed by atoms with Gasteiger partial charge in [-0.25, -0.2) is 9.59 Å². The molecule has 1 heterocycles. The smallest absolute Gasteiger partial charge is 0.349 e. The SMILES string of the molecule is CCOC(=O)c1sc(N(C)C)c(C(=O)c2ccccc2)c1C(=O)OCC. The average Bonchev–Trinajstić information content (AvgIpc) is 3.03. The molecule has 0 aliphatic rings. The number of benzene rings is 1. The largest absolute Gasteiger partial charge is 0.462 e. The first-order valence-corrected chi connectivity index (χ1v) is 9.02. The minimum Gasteiger partial charge on any atom is -0.462 e. The van der Waals surface area contributed by atoms with Crippen LogP contribution in [0.15, 0.2) is 30.3 Å². The van der Waals surface area contributed by atoms with Crippen molar-refractivity contribution in [2.75, 3.05) is 32.2 Å². The van der Waals surface area contributed by atoms with E-state index in [4.69, 9.17) is 9.47 Å². The Morgan fingerprint density at radius 3 is 2.04 bits per heavy atom. The number of thiophene rings is 1. The predicted molar refractivity (Wildman–Crippen MR) is 100 cm³/mol. The topological polar surface area (TPSA) is 72.9 Å². The number of hydrogen-bond acceptors (Lipinski definition) is 7. The molecule has 7 heteroatoms. The monoisotopic (exact) mass is 375 g/mol. The quantitative estimate of drug-likeness (QED) is 0.545. The second-order valence-electron chi connectivity index (χ2n) is 5.52. The van der Waals surface area contributed by atoms with Gasteiger partial charge in [-0.05, 0) is 13.8 Å². The number of rotatable bonds is 7. The van der Waals surface area contributed by atoms with Crippen LogP contribution in [0.5, 0.6) is 0 Å². The molecule has 0 saturated carbocycles. The summed E-state index contributed by atoms with van der Waals surface area (Å²) in [4.78, 5) is 39.8.